The number of hydrogen-bond donors (Lipinski definition) is 1. The number of carbonyl (C=O) groups excluding carboxylic acids is 3. The second-order valence-electron chi connectivity index (χ2n) is 8.31. The average molecular weight is 429 g/mol. The van der Waals surface area contributed by atoms with Crippen molar-refractivity contribution in [3.63, 3.8) is 0 Å². The van der Waals surface area contributed by atoms with E-state index >= 15 is 0 Å². The van der Waals surface area contributed by atoms with Crippen LogP contribution in [0, 0.1) is 17.2 Å². The molecule has 2 bridgehead atoms. The molecule has 0 aromatic carbocycles. The number of allylic oxidation sites excluding steroid dienone is 2. The molecule has 0 aromatic heterocycles. The topological polar surface area (TPSA) is 137 Å². The third kappa shape index (κ3) is 3.07. The third-order valence-corrected chi connectivity index (χ3v) is 6.93. The molecule has 0 aromatic rings. The molecule has 4 rings (SSSR count). The van der Waals surface area contributed by atoms with E-state index < -0.39 is 53.6 Å². The Morgan fingerprint density at radius 1 is 1.32 bits per heavy atom. The fraction of sp³-hybridized carbons (Fsp3) is 0.571. The SMILES string of the molecule is COC1=CC(=O)C2=C(C[C@H]3[C@H]4[C@H](C(=O)O)C[C@@H](C(C#N)N3[C@H]2COC(C)=O)N4C)C1=O. The summed E-state index contributed by atoms with van der Waals surface area (Å²) in [7, 11) is 3.09. The highest BCUT2D eigenvalue weighted by molar-refractivity contribution is 6.22. The number of nitriles is 1. The molecule has 0 amide bonds. The van der Waals surface area contributed by atoms with Crippen molar-refractivity contribution in [3.8, 4) is 6.07 Å². The van der Waals surface area contributed by atoms with Gasteiger partial charge in [-0.1, -0.05) is 0 Å². The van der Waals surface area contributed by atoms with Crippen LogP contribution in [-0.2, 0) is 28.7 Å². The van der Waals surface area contributed by atoms with Crippen LogP contribution in [0.3, 0.4) is 0 Å². The zero-order valence-corrected chi connectivity index (χ0v) is 17.4. The maximum absolute atomic E-state index is 13.0. The summed E-state index contributed by atoms with van der Waals surface area (Å²) < 4.78 is 10.3. The van der Waals surface area contributed by atoms with Gasteiger partial charge in [0.15, 0.2) is 11.5 Å². The Labute approximate surface area is 178 Å². The normalized spacial score (nSPS) is 35.1. The number of fused-ring (bicyclic) bond motifs is 4. The van der Waals surface area contributed by atoms with Gasteiger partial charge in [0, 0.05) is 42.3 Å². The number of hydrogen-bond acceptors (Lipinski definition) is 9. The molecule has 3 aliphatic heterocycles. The molecule has 1 aliphatic carbocycles. The first kappa shape index (κ1) is 21.2. The number of ketones is 2. The van der Waals surface area contributed by atoms with Crippen LogP contribution >= 0.6 is 0 Å². The number of nitrogens with zero attached hydrogens (tertiary/aromatic N) is 3. The molecule has 10 nitrogen and oxygen atoms in total. The van der Waals surface area contributed by atoms with E-state index in [1.165, 1.54) is 14.0 Å². The summed E-state index contributed by atoms with van der Waals surface area (Å²) in [5.41, 5.74) is 0.432. The van der Waals surface area contributed by atoms with Crippen molar-refractivity contribution < 1.29 is 33.8 Å². The number of esters is 1. The van der Waals surface area contributed by atoms with E-state index in [2.05, 4.69) is 6.07 Å². The Morgan fingerprint density at radius 2 is 2.03 bits per heavy atom. The molecular formula is C21H23N3O7. The van der Waals surface area contributed by atoms with E-state index in [0.29, 0.717) is 0 Å². The molecule has 1 N–H and O–H groups in total. The lowest BCUT2D eigenvalue weighted by Gasteiger charge is -2.54. The van der Waals surface area contributed by atoms with Gasteiger partial charge in [-0.15, -0.1) is 0 Å². The maximum Gasteiger partial charge on any atom is 0.308 e. The maximum atomic E-state index is 13.0. The van der Waals surface area contributed by atoms with Crippen molar-refractivity contribution in [2.24, 2.45) is 5.92 Å². The highest BCUT2D eigenvalue weighted by Gasteiger charge is 2.61. The molecule has 164 valence electrons. The average Bonchev–Trinajstić information content (AvgIpc) is 2.97. The van der Waals surface area contributed by atoms with Crippen molar-refractivity contribution >= 4 is 23.5 Å². The minimum Gasteiger partial charge on any atom is -0.493 e. The minimum absolute atomic E-state index is 0.0801. The van der Waals surface area contributed by atoms with Crippen LogP contribution in [0.1, 0.15) is 19.8 Å². The van der Waals surface area contributed by atoms with Gasteiger partial charge in [0.25, 0.3) is 0 Å². The first-order valence-electron chi connectivity index (χ1n) is 10.0. The summed E-state index contributed by atoms with van der Waals surface area (Å²) in [6, 6.07) is -0.592. The van der Waals surface area contributed by atoms with E-state index in [4.69, 9.17) is 9.47 Å². The van der Waals surface area contributed by atoms with E-state index in [1.807, 2.05) is 4.90 Å². The molecule has 0 radical (unpaired) electrons. The summed E-state index contributed by atoms with van der Waals surface area (Å²) in [5, 5.41) is 19.8. The molecule has 0 saturated carbocycles. The number of ether oxygens (including phenoxy) is 2. The van der Waals surface area contributed by atoms with E-state index in [9.17, 15) is 29.5 Å². The quantitative estimate of drug-likeness (QED) is 0.466. The van der Waals surface area contributed by atoms with Crippen LogP contribution < -0.4 is 0 Å². The summed E-state index contributed by atoms with van der Waals surface area (Å²) in [6.07, 6.45) is 1.52. The standard InChI is InChI=1S/C21H23N3O7/c1-9(25)31-8-15-18-10(20(27)17(30-3)6-16(18)26)4-13-19-11(21(28)29)5-12(23(19)2)14(7-22)24(13)15/h6,11-15,19H,4-5,8H2,1-3H3,(H,28,29)/t11-,12+,13+,14?,15+,19-/m1/s1. The zero-order chi connectivity index (χ0) is 22.6. The predicted molar refractivity (Wildman–Crippen MR) is 103 cm³/mol. The summed E-state index contributed by atoms with van der Waals surface area (Å²) in [4.78, 5) is 53.2. The van der Waals surface area contributed by atoms with Gasteiger partial charge >= 0.3 is 11.9 Å². The number of likely N-dealkylation sites (N-methyl/N-ethyl adjacent to an activating group) is 1. The number of aliphatic carboxylic acids is 1. The lowest BCUT2D eigenvalue weighted by molar-refractivity contribution is -0.146. The van der Waals surface area contributed by atoms with Crippen molar-refractivity contribution in [1.82, 2.24) is 9.80 Å². The number of carbonyl (C=O) groups is 4. The molecule has 6 atom stereocenters. The Morgan fingerprint density at radius 3 is 2.61 bits per heavy atom. The van der Waals surface area contributed by atoms with Gasteiger partial charge in [-0.05, 0) is 19.9 Å². The Hall–Kier alpha value is -3.03. The summed E-state index contributed by atoms with van der Waals surface area (Å²) in [5.74, 6) is -3.18. The van der Waals surface area contributed by atoms with Crippen LogP contribution in [0.15, 0.2) is 23.0 Å². The monoisotopic (exact) mass is 429 g/mol. The van der Waals surface area contributed by atoms with Crippen LogP contribution in [0.2, 0.25) is 0 Å². The van der Waals surface area contributed by atoms with Gasteiger partial charge < -0.3 is 14.6 Å². The molecular weight excluding hydrogens is 406 g/mol. The smallest absolute Gasteiger partial charge is 0.308 e. The van der Waals surface area contributed by atoms with Gasteiger partial charge in [-0.3, -0.25) is 29.0 Å². The highest BCUT2D eigenvalue weighted by atomic mass is 16.5. The molecule has 31 heavy (non-hydrogen) atoms. The van der Waals surface area contributed by atoms with E-state index in [0.717, 1.165) is 6.08 Å². The van der Waals surface area contributed by atoms with Crippen LogP contribution in [0.25, 0.3) is 0 Å². The fourth-order valence-corrected chi connectivity index (χ4v) is 5.72. The lowest BCUT2D eigenvalue weighted by Crippen LogP contribution is -2.69. The number of carboxylic acids is 1. The second-order valence-corrected chi connectivity index (χ2v) is 8.31. The van der Waals surface area contributed by atoms with Gasteiger partial charge in [0.1, 0.15) is 12.6 Å². The number of rotatable bonds is 4. The predicted octanol–water partition coefficient (Wildman–Crippen LogP) is -0.350. The minimum atomic E-state index is -0.960. The van der Waals surface area contributed by atoms with Crippen LogP contribution in [0.5, 0.6) is 0 Å². The lowest BCUT2D eigenvalue weighted by atomic mass is 9.76. The van der Waals surface area contributed by atoms with Crippen molar-refractivity contribution in [1.29, 1.82) is 5.26 Å². The molecule has 4 aliphatic rings. The van der Waals surface area contributed by atoms with Gasteiger partial charge in [0.05, 0.1) is 25.1 Å². The Kier molecular flexibility index (Phi) is 5.19. The third-order valence-electron chi connectivity index (χ3n) is 6.93. The molecule has 3 heterocycles. The number of Topliss-reactive ketones (excluding diaryl/α,β-unsaturated/α-hetero) is 1. The van der Waals surface area contributed by atoms with Gasteiger partial charge in [-0.2, -0.15) is 5.26 Å². The first-order chi connectivity index (χ1) is 14.7. The van der Waals surface area contributed by atoms with E-state index in [1.54, 1.807) is 11.9 Å². The molecule has 1 unspecified atom stereocenters. The fourth-order valence-electron chi connectivity index (χ4n) is 5.72. The van der Waals surface area contributed by atoms with Crippen molar-refractivity contribution in [3.05, 3.63) is 23.0 Å². The largest absolute Gasteiger partial charge is 0.493 e. The number of methoxy groups -OCH3 is 1. The summed E-state index contributed by atoms with van der Waals surface area (Å²) >= 11 is 0. The number of carboxylic acid groups (broad SMARTS) is 1. The Balaban J connectivity index is 1.86. The van der Waals surface area contributed by atoms with Crippen molar-refractivity contribution in [2.75, 3.05) is 20.8 Å². The van der Waals surface area contributed by atoms with E-state index in [-0.39, 0.29) is 42.4 Å². The molecule has 2 fully saturated rings. The number of piperazine rings is 1. The Bertz CT molecular complexity index is 978. The summed E-state index contributed by atoms with van der Waals surface area (Å²) in [6.45, 7) is 1.03. The molecule has 0 spiro atoms. The zero-order valence-electron chi connectivity index (χ0n) is 17.4. The second kappa shape index (κ2) is 7.59. The first-order valence-corrected chi connectivity index (χ1v) is 10.0. The molecule has 10 heteroatoms. The van der Waals surface area contributed by atoms with Crippen molar-refractivity contribution in [2.45, 2.75) is 50.0 Å². The van der Waals surface area contributed by atoms with Gasteiger partial charge in [0.2, 0.25) is 5.78 Å². The van der Waals surface area contributed by atoms with Crippen LogP contribution in [0.4, 0.5) is 0 Å². The molecule has 2 saturated heterocycles. The van der Waals surface area contributed by atoms with Gasteiger partial charge in [-0.25, -0.2) is 0 Å². The van der Waals surface area contributed by atoms with Crippen LogP contribution in [-0.4, -0.2) is 89.4 Å². The highest BCUT2D eigenvalue weighted by Crippen LogP contribution is 2.47.